The van der Waals surface area contributed by atoms with Crippen molar-refractivity contribution in [1.82, 2.24) is 10.2 Å². The second-order valence-corrected chi connectivity index (χ2v) is 5.86. The van der Waals surface area contributed by atoms with Crippen molar-refractivity contribution in [2.24, 2.45) is 5.92 Å². The first kappa shape index (κ1) is 15.9. The summed E-state index contributed by atoms with van der Waals surface area (Å²) in [5, 5.41) is 2.83. The van der Waals surface area contributed by atoms with Gasteiger partial charge >= 0.3 is 0 Å². The fourth-order valence-corrected chi connectivity index (χ4v) is 2.42. The first-order valence-corrected chi connectivity index (χ1v) is 7.04. The Hall–Kier alpha value is -1.13. The van der Waals surface area contributed by atoms with Crippen molar-refractivity contribution in [1.29, 1.82) is 0 Å². The Morgan fingerprint density at radius 2 is 2.05 bits per heavy atom. The quantitative estimate of drug-likeness (QED) is 0.802. The molecule has 1 saturated heterocycles. The van der Waals surface area contributed by atoms with E-state index in [-0.39, 0.29) is 18.2 Å². The molecule has 19 heavy (non-hydrogen) atoms. The fourth-order valence-electron chi connectivity index (χ4n) is 2.42. The summed E-state index contributed by atoms with van der Waals surface area (Å²) >= 11 is 0. The highest BCUT2D eigenvalue weighted by Gasteiger charge is 2.46. The molecule has 1 rings (SSSR count). The third-order valence-corrected chi connectivity index (χ3v) is 3.75. The number of carbonyl (C=O) groups is 2. The van der Waals surface area contributed by atoms with Gasteiger partial charge in [-0.3, -0.25) is 14.0 Å². The van der Waals surface area contributed by atoms with Crippen molar-refractivity contribution >= 4 is 11.8 Å². The van der Waals surface area contributed by atoms with E-state index in [0.717, 1.165) is 0 Å². The van der Waals surface area contributed by atoms with Crippen LogP contribution in [-0.2, 0) is 9.59 Å². The van der Waals surface area contributed by atoms with E-state index in [1.807, 2.05) is 20.8 Å². The van der Waals surface area contributed by atoms with E-state index in [1.165, 1.54) is 0 Å². The average molecular weight is 272 g/mol. The normalized spacial score (nSPS) is 27.9. The Morgan fingerprint density at radius 1 is 1.42 bits per heavy atom. The first-order valence-electron chi connectivity index (χ1n) is 7.04. The van der Waals surface area contributed by atoms with Gasteiger partial charge in [0, 0.05) is 6.54 Å². The third-order valence-electron chi connectivity index (χ3n) is 3.75. The lowest BCUT2D eigenvalue weighted by molar-refractivity contribution is -0.155. The summed E-state index contributed by atoms with van der Waals surface area (Å²) in [6, 6.07) is -0.460. The highest BCUT2D eigenvalue weighted by molar-refractivity contribution is 5.99. The molecule has 0 bridgehead atoms. The molecule has 0 aromatic heterocycles. The maximum Gasteiger partial charge on any atom is 0.248 e. The number of piperazine rings is 1. The largest absolute Gasteiger partial charge is 0.340 e. The minimum absolute atomic E-state index is 0.0892. The second-order valence-electron chi connectivity index (χ2n) is 5.86. The van der Waals surface area contributed by atoms with Gasteiger partial charge in [-0.15, -0.1) is 0 Å². The van der Waals surface area contributed by atoms with Crippen LogP contribution in [0, 0.1) is 5.92 Å². The molecule has 110 valence electrons. The van der Waals surface area contributed by atoms with Gasteiger partial charge in [0.2, 0.25) is 11.8 Å². The number of nitrogens with one attached hydrogen (secondary N) is 1. The predicted molar refractivity (Wildman–Crippen MR) is 72.4 cm³/mol. The van der Waals surface area contributed by atoms with E-state index in [2.05, 4.69) is 5.32 Å². The van der Waals surface area contributed by atoms with Crippen LogP contribution in [0.5, 0.6) is 0 Å². The smallest absolute Gasteiger partial charge is 0.248 e. The second kappa shape index (κ2) is 6.35. The van der Waals surface area contributed by atoms with Crippen molar-refractivity contribution in [2.75, 3.05) is 13.2 Å². The van der Waals surface area contributed by atoms with Crippen LogP contribution in [0.25, 0.3) is 0 Å². The molecule has 1 fully saturated rings. The van der Waals surface area contributed by atoms with Gasteiger partial charge in [0.05, 0.1) is 6.67 Å². The van der Waals surface area contributed by atoms with Gasteiger partial charge in [-0.05, 0) is 32.1 Å². The molecule has 2 atom stereocenters. The summed E-state index contributed by atoms with van der Waals surface area (Å²) in [4.78, 5) is 26.3. The van der Waals surface area contributed by atoms with Crippen molar-refractivity contribution in [3.63, 3.8) is 0 Å². The van der Waals surface area contributed by atoms with Crippen molar-refractivity contribution in [2.45, 2.75) is 58.5 Å². The van der Waals surface area contributed by atoms with Crippen LogP contribution in [0.3, 0.4) is 0 Å². The fraction of sp³-hybridized carbons (Fsp3) is 0.857. The summed E-state index contributed by atoms with van der Waals surface area (Å²) in [5.41, 5.74) is -0.846. The number of rotatable bonds is 6. The number of halogens is 1. The minimum atomic E-state index is -0.846. The van der Waals surface area contributed by atoms with Gasteiger partial charge < -0.3 is 10.2 Å². The first-order chi connectivity index (χ1) is 8.85. The topological polar surface area (TPSA) is 49.4 Å². The molecule has 2 unspecified atom stereocenters. The zero-order valence-electron chi connectivity index (χ0n) is 12.3. The summed E-state index contributed by atoms with van der Waals surface area (Å²) in [6.45, 7) is 7.48. The van der Waals surface area contributed by atoms with E-state index in [0.29, 0.717) is 25.3 Å². The molecule has 5 heteroatoms. The molecule has 1 N–H and O–H groups in total. The van der Waals surface area contributed by atoms with Gasteiger partial charge in [-0.2, -0.15) is 0 Å². The Kier molecular flexibility index (Phi) is 5.32. The zero-order chi connectivity index (χ0) is 14.6. The lowest BCUT2D eigenvalue weighted by Crippen LogP contribution is -2.69. The average Bonchev–Trinajstić information content (AvgIpc) is 2.35. The molecule has 1 aliphatic heterocycles. The van der Waals surface area contributed by atoms with Crippen molar-refractivity contribution in [3.05, 3.63) is 0 Å². The van der Waals surface area contributed by atoms with Crippen molar-refractivity contribution < 1.29 is 14.0 Å². The highest BCUT2D eigenvalue weighted by atomic mass is 19.1. The molecule has 0 aliphatic carbocycles. The Labute approximate surface area is 114 Å². The van der Waals surface area contributed by atoms with Crippen LogP contribution in [0.2, 0.25) is 0 Å². The van der Waals surface area contributed by atoms with E-state index >= 15 is 0 Å². The maximum absolute atomic E-state index is 12.5. The Balaban J connectivity index is 2.96. The molecule has 0 spiro atoms. The summed E-state index contributed by atoms with van der Waals surface area (Å²) in [6.07, 6.45) is 1.44. The molecule has 0 aromatic rings. The van der Waals surface area contributed by atoms with Gasteiger partial charge in [0.1, 0.15) is 11.6 Å². The van der Waals surface area contributed by atoms with Gasteiger partial charge in [-0.25, -0.2) is 0 Å². The van der Waals surface area contributed by atoms with E-state index in [1.54, 1.807) is 11.8 Å². The van der Waals surface area contributed by atoms with Crippen LogP contribution in [-0.4, -0.2) is 41.5 Å². The number of carbonyl (C=O) groups excluding carboxylic acids is 2. The minimum Gasteiger partial charge on any atom is -0.340 e. The summed E-state index contributed by atoms with van der Waals surface area (Å²) in [5.74, 6) is 0.104. The van der Waals surface area contributed by atoms with Crippen LogP contribution < -0.4 is 5.32 Å². The number of hydrogen-bond donors (Lipinski definition) is 1. The van der Waals surface area contributed by atoms with Crippen LogP contribution in [0.1, 0.15) is 47.0 Å². The monoisotopic (exact) mass is 272 g/mol. The number of alkyl halides is 1. The predicted octanol–water partition coefficient (Wildman–Crippen LogP) is 1.89. The van der Waals surface area contributed by atoms with Crippen LogP contribution in [0.4, 0.5) is 4.39 Å². The summed E-state index contributed by atoms with van der Waals surface area (Å²) in [7, 11) is 0. The van der Waals surface area contributed by atoms with Gasteiger partial charge in [0.15, 0.2) is 0 Å². The van der Waals surface area contributed by atoms with Gasteiger partial charge in [-0.1, -0.05) is 20.8 Å². The lowest BCUT2D eigenvalue weighted by Gasteiger charge is -2.44. The van der Waals surface area contributed by atoms with Crippen LogP contribution >= 0.6 is 0 Å². The molecule has 4 nitrogen and oxygen atoms in total. The molecule has 2 amide bonds. The van der Waals surface area contributed by atoms with Crippen molar-refractivity contribution in [3.8, 4) is 0 Å². The van der Waals surface area contributed by atoms with Gasteiger partial charge in [0.25, 0.3) is 0 Å². The highest BCUT2D eigenvalue weighted by Crippen LogP contribution is 2.25. The number of nitrogens with zero attached hydrogens (tertiary/aromatic N) is 1. The molecule has 0 aromatic carbocycles. The SMILES string of the molecule is CCC1(C)NC(=O)C(CC(C)C)N(CCCF)C1=O. The molecule has 0 saturated carbocycles. The lowest BCUT2D eigenvalue weighted by atomic mass is 9.89. The third kappa shape index (κ3) is 3.45. The molecule has 0 radical (unpaired) electrons. The maximum atomic E-state index is 12.5. The van der Waals surface area contributed by atoms with E-state index < -0.39 is 18.3 Å². The Bertz CT molecular complexity index is 346. The molecular formula is C14H25FN2O2. The molecular weight excluding hydrogens is 247 g/mol. The molecule has 1 heterocycles. The number of hydrogen-bond acceptors (Lipinski definition) is 2. The summed E-state index contributed by atoms with van der Waals surface area (Å²) < 4.78 is 12.4. The standard InChI is InChI=1S/C14H25FN2O2/c1-5-14(4)13(19)17(8-6-7-15)11(9-10(2)3)12(18)16-14/h10-11H,5-9H2,1-4H3,(H,16,18). The number of amides is 2. The van der Waals surface area contributed by atoms with E-state index in [9.17, 15) is 14.0 Å². The van der Waals surface area contributed by atoms with Crippen LogP contribution in [0.15, 0.2) is 0 Å². The molecule has 1 aliphatic rings. The van der Waals surface area contributed by atoms with E-state index in [4.69, 9.17) is 0 Å². The Morgan fingerprint density at radius 3 is 2.53 bits per heavy atom. The zero-order valence-corrected chi connectivity index (χ0v) is 12.3.